The summed E-state index contributed by atoms with van der Waals surface area (Å²) >= 11 is 0. The smallest absolute Gasteiger partial charge is 0.390 e. The molecule has 34 heavy (non-hydrogen) atoms. The second-order valence-electron chi connectivity index (χ2n) is 12.1. The number of aliphatic hydroxyl groups is 1. The topological polar surface area (TPSA) is 78.9 Å². The van der Waals surface area contributed by atoms with Crippen LogP contribution in [0.25, 0.3) is 0 Å². The fourth-order valence-corrected chi connectivity index (χ4v) is 8.81. The van der Waals surface area contributed by atoms with E-state index >= 15 is 0 Å². The van der Waals surface area contributed by atoms with Gasteiger partial charge in [0.1, 0.15) is 6.07 Å². The Hall–Kier alpha value is -1.88. The van der Waals surface area contributed by atoms with E-state index < -0.39 is 34.8 Å². The zero-order chi connectivity index (χ0) is 24.5. The van der Waals surface area contributed by atoms with Crippen LogP contribution in [0.5, 0.6) is 0 Å². The van der Waals surface area contributed by atoms with Crippen molar-refractivity contribution in [2.24, 2.45) is 46.8 Å². The number of Topliss-reactive ketones (excluding diaryl/α,β-unsaturated/α-hetero) is 1. The summed E-state index contributed by atoms with van der Waals surface area (Å²) in [5.74, 6) is -1.65. The summed E-state index contributed by atoms with van der Waals surface area (Å²) < 4.78 is 44.2. The summed E-state index contributed by atoms with van der Waals surface area (Å²) in [6.45, 7) is 3.62. The van der Waals surface area contributed by atoms with Crippen molar-refractivity contribution in [2.45, 2.75) is 83.5 Å². The summed E-state index contributed by atoms with van der Waals surface area (Å²) in [6, 6.07) is 1.94. The van der Waals surface area contributed by atoms with Gasteiger partial charge in [0.25, 0.3) is 0 Å². The van der Waals surface area contributed by atoms with E-state index in [2.05, 4.69) is 5.10 Å². The van der Waals surface area contributed by atoms with E-state index in [9.17, 15) is 23.1 Å². The molecule has 5 rings (SSSR count). The molecule has 186 valence electrons. The monoisotopic (exact) mass is 477 g/mol. The van der Waals surface area contributed by atoms with Crippen LogP contribution in [0.3, 0.4) is 0 Å². The molecular weight excluding hydrogens is 443 g/mol. The Balaban J connectivity index is 1.41. The van der Waals surface area contributed by atoms with Crippen molar-refractivity contribution in [3.8, 4) is 6.07 Å². The summed E-state index contributed by atoms with van der Waals surface area (Å²) in [4.78, 5) is 13.4. The molecule has 4 unspecified atom stereocenters. The standard InChI is InChI=1S/C26H34F3N3O2/c1-24(34)7-5-17-16(10-24)3-4-19-18(17)6-8-25(2)20(19)9-21(26(27,28)29)23(25)22(33)14-32-13-15(11-30)12-31-32/h12-13,16-21,23,34H,3-10,14H2,1-2H3/t16-,17+,18?,19?,20?,21+,23?,24-,25+/m1/s1. The molecule has 0 radical (unpaired) electrons. The predicted molar refractivity (Wildman–Crippen MR) is 118 cm³/mol. The average Bonchev–Trinajstić information content (AvgIpc) is 3.33. The highest BCUT2D eigenvalue weighted by Crippen LogP contribution is 2.67. The number of ketones is 1. The molecule has 0 saturated heterocycles. The van der Waals surface area contributed by atoms with Crippen LogP contribution in [0.2, 0.25) is 0 Å². The first-order chi connectivity index (χ1) is 15.9. The molecule has 8 heteroatoms. The summed E-state index contributed by atoms with van der Waals surface area (Å²) in [6.07, 6.45) is 4.27. The third-order valence-electron chi connectivity index (χ3n) is 10.1. The highest BCUT2D eigenvalue weighted by molar-refractivity contribution is 5.82. The van der Waals surface area contributed by atoms with Gasteiger partial charge in [-0.2, -0.15) is 23.5 Å². The summed E-state index contributed by atoms with van der Waals surface area (Å²) in [5.41, 5.74) is -1.00. The number of carbonyl (C=O) groups excluding carboxylic acids is 1. The highest BCUT2D eigenvalue weighted by Gasteiger charge is 2.66. The third kappa shape index (κ3) is 3.88. The predicted octanol–water partition coefficient (Wildman–Crippen LogP) is 5.13. The Morgan fingerprint density at radius 3 is 2.62 bits per heavy atom. The average molecular weight is 478 g/mol. The molecule has 9 atom stereocenters. The maximum Gasteiger partial charge on any atom is 0.392 e. The van der Waals surface area contributed by atoms with E-state index in [1.807, 2.05) is 19.9 Å². The molecule has 0 amide bonds. The molecule has 0 aliphatic heterocycles. The number of alkyl halides is 3. The van der Waals surface area contributed by atoms with Crippen LogP contribution < -0.4 is 0 Å². The second kappa shape index (κ2) is 8.08. The van der Waals surface area contributed by atoms with E-state index in [1.165, 1.54) is 17.1 Å². The van der Waals surface area contributed by atoms with Crippen LogP contribution in [-0.2, 0) is 11.3 Å². The normalized spacial score (nSPS) is 44.0. The molecule has 4 aliphatic carbocycles. The van der Waals surface area contributed by atoms with Gasteiger partial charge in [0.15, 0.2) is 5.78 Å². The molecule has 4 aliphatic rings. The molecule has 5 nitrogen and oxygen atoms in total. The van der Waals surface area contributed by atoms with Crippen LogP contribution in [0, 0.1) is 58.2 Å². The third-order valence-corrected chi connectivity index (χ3v) is 10.1. The maximum absolute atomic E-state index is 14.3. The molecule has 1 aromatic rings. The van der Waals surface area contributed by atoms with Gasteiger partial charge in [-0.05, 0) is 93.3 Å². The molecule has 0 bridgehead atoms. The minimum absolute atomic E-state index is 0.0369. The molecule has 1 aromatic heterocycles. The number of halogens is 3. The van der Waals surface area contributed by atoms with Crippen LogP contribution in [0.1, 0.15) is 70.8 Å². The lowest BCUT2D eigenvalue weighted by Crippen LogP contribution is -2.51. The Bertz CT molecular complexity index is 996. The minimum Gasteiger partial charge on any atom is -0.390 e. The van der Waals surface area contributed by atoms with Crippen molar-refractivity contribution in [1.82, 2.24) is 9.78 Å². The number of rotatable bonds is 3. The van der Waals surface area contributed by atoms with Crippen molar-refractivity contribution < 1.29 is 23.1 Å². The first-order valence-corrected chi connectivity index (χ1v) is 12.7. The molecule has 1 heterocycles. The molecule has 0 spiro atoms. The number of carbonyl (C=O) groups is 1. The van der Waals surface area contributed by atoms with Crippen molar-refractivity contribution in [3.05, 3.63) is 18.0 Å². The number of aromatic nitrogens is 2. The fraction of sp³-hybridized carbons (Fsp3) is 0.808. The van der Waals surface area contributed by atoms with Gasteiger partial charge in [-0.25, -0.2) is 0 Å². The van der Waals surface area contributed by atoms with Crippen LogP contribution in [-0.4, -0.2) is 32.4 Å². The molecule has 1 N–H and O–H groups in total. The number of fused-ring (bicyclic) bond motifs is 5. The van der Waals surface area contributed by atoms with Crippen LogP contribution in [0.4, 0.5) is 13.2 Å². The van der Waals surface area contributed by atoms with E-state index in [0.717, 1.165) is 38.5 Å². The second-order valence-corrected chi connectivity index (χ2v) is 12.1. The van der Waals surface area contributed by atoms with Gasteiger partial charge in [-0.1, -0.05) is 6.92 Å². The summed E-state index contributed by atoms with van der Waals surface area (Å²) in [7, 11) is 0. The van der Waals surface area contributed by atoms with Gasteiger partial charge in [0, 0.05) is 12.1 Å². The Morgan fingerprint density at radius 1 is 1.21 bits per heavy atom. The quantitative estimate of drug-likeness (QED) is 0.655. The van der Waals surface area contributed by atoms with E-state index in [4.69, 9.17) is 5.26 Å². The van der Waals surface area contributed by atoms with Gasteiger partial charge < -0.3 is 5.11 Å². The molecular formula is C26H34F3N3O2. The number of hydrogen-bond donors (Lipinski definition) is 1. The Morgan fingerprint density at radius 2 is 1.94 bits per heavy atom. The Labute approximate surface area is 198 Å². The van der Waals surface area contributed by atoms with Crippen molar-refractivity contribution in [2.75, 3.05) is 0 Å². The van der Waals surface area contributed by atoms with Gasteiger partial charge >= 0.3 is 6.18 Å². The molecule has 4 fully saturated rings. The lowest BCUT2D eigenvalue weighted by Gasteiger charge is -2.56. The molecule has 0 aromatic carbocycles. The van der Waals surface area contributed by atoms with Gasteiger partial charge in [-0.15, -0.1) is 0 Å². The van der Waals surface area contributed by atoms with Gasteiger partial charge in [0.2, 0.25) is 0 Å². The Kier molecular flexibility index (Phi) is 5.66. The first-order valence-electron chi connectivity index (χ1n) is 12.7. The summed E-state index contributed by atoms with van der Waals surface area (Å²) in [5, 5.41) is 23.6. The lowest BCUT2D eigenvalue weighted by atomic mass is 9.49. The minimum atomic E-state index is -4.42. The van der Waals surface area contributed by atoms with Crippen molar-refractivity contribution >= 4 is 5.78 Å². The van der Waals surface area contributed by atoms with E-state index in [1.54, 1.807) is 0 Å². The maximum atomic E-state index is 14.3. The number of nitrogens with zero attached hydrogens (tertiary/aromatic N) is 3. The SMILES string of the molecule is C[C@@]1(O)CC[C@@H]2C3CC[C@@]4(C)C(C[C@H](C(F)(F)F)C4C(=O)Cn4cc(C#N)cn4)C3CC[C@@H]2C1. The van der Waals surface area contributed by atoms with Crippen molar-refractivity contribution in [1.29, 1.82) is 5.26 Å². The van der Waals surface area contributed by atoms with Gasteiger partial charge in [0.05, 0.1) is 29.8 Å². The number of hydrogen-bond acceptors (Lipinski definition) is 4. The fourth-order valence-electron chi connectivity index (χ4n) is 8.81. The van der Waals surface area contributed by atoms with Crippen molar-refractivity contribution in [3.63, 3.8) is 0 Å². The first kappa shape index (κ1) is 23.8. The highest BCUT2D eigenvalue weighted by atomic mass is 19.4. The zero-order valence-corrected chi connectivity index (χ0v) is 19.9. The van der Waals surface area contributed by atoms with Crippen LogP contribution in [0.15, 0.2) is 12.4 Å². The number of nitriles is 1. The lowest BCUT2D eigenvalue weighted by molar-refractivity contribution is -0.191. The van der Waals surface area contributed by atoms with Crippen LogP contribution >= 0.6 is 0 Å². The van der Waals surface area contributed by atoms with Gasteiger partial charge in [-0.3, -0.25) is 9.48 Å². The zero-order valence-electron chi connectivity index (χ0n) is 19.9. The molecule has 4 saturated carbocycles. The van der Waals surface area contributed by atoms with E-state index in [-0.39, 0.29) is 24.8 Å². The largest absolute Gasteiger partial charge is 0.392 e. The van der Waals surface area contributed by atoms with E-state index in [0.29, 0.717) is 29.7 Å².